The Balaban J connectivity index is 2.20. The van der Waals surface area contributed by atoms with E-state index in [-0.39, 0.29) is 18.4 Å². The van der Waals surface area contributed by atoms with E-state index in [0.717, 1.165) is 11.1 Å². The van der Waals surface area contributed by atoms with Crippen LogP contribution in [-0.4, -0.2) is 29.3 Å². The van der Waals surface area contributed by atoms with Crippen molar-refractivity contribution in [1.29, 1.82) is 0 Å². The van der Waals surface area contributed by atoms with Crippen LogP contribution in [0.15, 0.2) is 42.5 Å². The van der Waals surface area contributed by atoms with Crippen LogP contribution in [0.25, 0.3) is 0 Å². The van der Waals surface area contributed by atoms with Crippen molar-refractivity contribution in [2.24, 2.45) is 0 Å². The lowest BCUT2D eigenvalue weighted by Crippen LogP contribution is -2.49. The quantitative estimate of drug-likeness (QED) is 0.470. The standard InChI is InChI=1S/C25H32Cl2N2O2/c1-5-23(25(31)28-6-2)29(16-20-12-13-21(26)15-22(20)27)24(30)14-9-18-7-10-19(11-8-18)17(3)4/h7-8,10-13,15,17,23H,5-6,9,14,16H2,1-4H3,(H,28,31)/t23-/m0/s1. The highest BCUT2D eigenvalue weighted by Gasteiger charge is 2.28. The molecule has 31 heavy (non-hydrogen) atoms. The van der Waals surface area contributed by atoms with Crippen LogP contribution in [0.4, 0.5) is 0 Å². The number of carbonyl (C=O) groups excluding carboxylic acids is 2. The van der Waals surface area contributed by atoms with E-state index in [1.54, 1.807) is 23.1 Å². The predicted molar refractivity (Wildman–Crippen MR) is 129 cm³/mol. The lowest BCUT2D eigenvalue weighted by atomic mass is 10.00. The first kappa shape index (κ1) is 25.2. The second kappa shape index (κ2) is 12.1. The summed E-state index contributed by atoms with van der Waals surface area (Å²) in [4.78, 5) is 27.6. The molecule has 0 bridgehead atoms. The fourth-order valence-electron chi connectivity index (χ4n) is 3.51. The minimum absolute atomic E-state index is 0.0722. The summed E-state index contributed by atoms with van der Waals surface area (Å²) in [5.74, 6) is 0.250. The zero-order valence-electron chi connectivity index (χ0n) is 18.8. The summed E-state index contributed by atoms with van der Waals surface area (Å²) in [7, 11) is 0. The first-order valence-corrected chi connectivity index (χ1v) is 11.6. The summed E-state index contributed by atoms with van der Waals surface area (Å²) in [5.41, 5.74) is 3.15. The Bertz CT molecular complexity index is 882. The van der Waals surface area contributed by atoms with E-state index in [9.17, 15) is 9.59 Å². The van der Waals surface area contributed by atoms with Crippen molar-refractivity contribution < 1.29 is 9.59 Å². The molecule has 6 heteroatoms. The number of nitrogens with zero attached hydrogens (tertiary/aromatic N) is 1. The number of hydrogen-bond donors (Lipinski definition) is 1. The molecule has 2 amide bonds. The molecule has 2 aromatic carbocycles. The molecule has 1 N–H and O–H groups in total. The van der Waals surface area contributed by atoms with E-state index in [4.69, 9.17) is 23.2 Å². The molecule has 0 spiro atoms. The Labute approximate surface area is 195 Å². The van der Waals surface area contributed by atoms with Gasteiger partial charge in [-0.2, -0.15) is 0 Å². The van der Waals surface area contributed by atoms with Crippen LogP contribution in [0, 0.1) is 0 Å². The molecule has 0 fully saturated rings. The Morgan fingerprint density at radius 1 is 1.03 bits per heavy atom. The SMILES string of the molecule is CCNC(=O)[C@H](CC)N(Cc1ccc(Cl)cc1Cl)C(=O)CCc1ccc(C(C)C)cc1. The van der Waals surface area contributed by atoms with Gasteiger partial charge in [-0.15, -0.1) is 0 Å². The molecule has 1 atom stereocenters. The van der Waals surface area contributed by atoms with Gasteiger partial charge in [-0.25, -0.2) is 0 Å². The molecule has 0 unspecified atom stereocenters. The predicted octanol–water partition coefficient (Wildman–Crippen LogP) is 5.99. The van der Waals surface area contributed by atoms with Gasteiger partial charge in [-0.05, 0) is 54.5 Å². The Morgan fingerprint density at radius 2 is 1.71 bits per heavy atom. The van der Waals surface area contributed by atoms with Crippen molar-refractivity contribution in [2.45, 2.75) is 65.5 Å². The highest BCUT2D eigenvalue weighted by Crippen LogP contribution is 2.24. The van der Waals surface area contributed by atoms with Crippen molar-refractivity contribution >= 4 is 35.0 Å². The molecule has 0 aromatic heterocycles. The average molecular weight is 463 g/mol. The fourth-order valence-corrected chi connectivity index (χ4v) is 3.98. The summed E-state index contributed by atoms with van der Waals surface area (Å²) in [6.07, 6.45) is 1.46. The number of rotatable bonds is 10. The van der Waals surface area contributed by atoms with Crippen molar-refractivity contribution in [3.63, 3.8) is 0 Å². The van der Waals surface area contributed by atoms with Gasteiger partial charge >= 0.3 is 0 Å². The van der Waals surface area contributed by atoms with E-state index in [2.05, 4.69) is 43.4 Å². The summed E-state index contributed by atoms with van der Waals surface area (Å²) in [6.45, 7) is 8.87. The van der Waals surface area contributed by atoms with Crippen molar-refractivity contribution in [3.8, 4) is 0 Å². The molecule has 0 aliphatic carbocycles. The van der Waals surface area contributed by atoms with E-state index >= 15 is 0 Å². The summed E-state index contributed by atoms with van der Waals surface area (Å²) < 4.78 is 0. The number of amides is 2. The second-order valence-corrected chi connectivity index (χ2v) is 8.82. The van der Waals surface area contributed by atoms with Gasteiger partial charge in [0, 0.05) is 29.6 Å². The van der Waals surface area contributed by atoms with Crippen molar-refractivity contribution in [3.05, 3.63) is 69.2 Å². The maximum atomic E-state index is 13.3. The molecule has 0 saturated carbocycles. The van der Waals surface area contributed by atoms with Crippen LogP contribution in [0.2, 0.25) is 10.0 Å². The summed E-state index contributed by atoms with van der Waals surface area (Å²) in [5, 5.41) is 3.87. The van der Waals surface area contributed by atoms with Crippen LogP contribution in [0.3, 0.4) is 0 Å². The minimum atomic E-state index is -0.553. The molecular weight excluding hydrogens is 431 g/mol. The molecular formula is C25H32Cl2N2O2. The maximum absolute atomic E-state index is 13.3. The van der Waals surface area contributed by atoms with Gasteiger partial charge in [0.25, 0.3) is 0 Å². The van der Waals surface area contributed by atoms with E-state index in [1.165, 1.54) is 5.56 Å². The van der Waals surface area contributed by atoms with Gasteiger partial charge in [0.15, 0.2) is 0 Å². The maximum Gasteiger partial charge on any atom is 0.242 e. The highest BCUT2D eigenvalue weighted by molar-refractivity contribution is 6.35. The fraction of sp³-hybridized carbons (Fsp3) is 0.440. The van der Waals surface area contributed by atoms with Gasteiger partial charge in [-0.1, -0.05) is 74.3 Å². The normalized spacial score (nSPS) is 12.0. The lowest BCUT2D eigenvalue weighted by Gasteiger charge is -2.31. The number of nitrogens with one attached hydrogen (secondary N) is 1. The Morgan fingerprint density at radius 3 is 2.26 bits per heavy atom. The van der Waals surface area contributed by atoms with Crippen molar-refractivity contribution in [2.75, 3.05) is 6.54 Å². The number of benzene rings is 2. The van der Waals surface area contributed by atoms with E-state index in [1.807, 2.05) is 13.8 Å². The molecule has 2 aromatic rings. The van der Waals surface area contributed by atoms with Crippen molar-refractivity contribution in [1.82, 2.24) is 10.2 Å². The zero-order chi connectivity index (χ0) is 23.0. The van der Waals surface area contributed by atoms with Gasteiger partial charge in [0.05, 0.1) is 0 Å². The van der Waals surface area contributed by atoms with Gasteiger partial charge in [0.2, 0.25) is 11.8 Å². The molecule has 0 aliphatic rings. The molecule has 168 valence electrons. The number of halogens is 2. The van der Waals surface area contributed by atoms with Gasteiger partial charge in [0.1, 0.15) is 6.04 Å². The van der Waals surface area contributed by atoms with Crippen LogP contribution >= 0.6 is 23.2 Å². The average Bonchev–Trinajstić information content (AvgIpc) is 2.73. The first-order chi connectivity index (χ1) is 14.8. The third kappa shape index (κ3) is 7.26. The van der Waals surface area contributed by atoms with Crippen LogP contribution < -0.4 is 5.32 Å². The Hall–Kier alpha value is -2.04. The lowest BCUT2D eigenvalue weighted by molar-refractivity contribution is -0.141. The molecule has 0 aliphatic heterocycles. The number of aryl methyl sites for hydroxylation is 1. The summed E-state index contributed by atoms with van der Waals surface area (Å²) >= 11 is 12.4. The number of hydrogen-bond acceptors (Lipinski definition) is 2. The minimum Gasteiger partial charge on any atom is -0.355 e. The molecule has 0 saturated heterocycles. The topological polar surface area (TPSA) is 49.4 Å². The first-order valence-electron chi connectivity index (χ1n) is 10.9. The largest absolute Gasteiger partial charge is 0.355 e. The molecule has 2 rings (SSSR count). The molecule has 0 heterocycles. The third-order valence-electron chi connectivity index (χ3n) is 5.37. The van der Waals surface area contributed by atoms with Gasteiger partial charge in [-0.3, -0.25) is 9.59 Å². The monoisotopic (exact) mass is 462 g/mol. The number of carbonyl (C=O) groups is 2. The third-order valence-corrected chi connectivity index (χ3v) is 5.95. The van der Waals surface area contributed by atoms with E-state index in [0.29, 0.717) is 41.8 Å². The second-order valence-electron chi connectivity index (χ2n) is 7.97. The van der Waals surface area contributed by atoms with Crippen LogP contribution in [0.1, 0.15) is 63.1 Å². The van der Waals surface area contributed by atoms with Crippen LogP contribution in [0.5, 0.6) is 0 Å². The van der Waals surface area contributed by atoms with Crippen LogP contribution in [-0.2, 0) is 22.6 Å². The summed E-state index contributed by atoms with van der Waals surface area (Å²) in [6, 6.07) is 13.0. The molecule has 0 radical (unpaired) electrons. The molecule has 4 nitrogen and oxygen atoms in total. The highest BCUT2D eigenvalue weighted by atomic mass is 35.5. The zero-order valence-corrected chi connectivity index (χ0v) is 20.3. The Kier molecular flexibility index (Phi) is 9.86. The number of likely N-dealkylation sites (N-methyl/N-ethyl adjacent to an activating group) is 1. The smallest absolute Gasteiger partial charge is 0.242 e. The van der Waals surface area contributed by atoms with E-state index < -0.39 is 6.04 Å². The van der Waals surface area contributed by atoms with Gasteiger partial charge < -0.3 is 10.2 Å².